The van der Waals surface area contributed by atoms with Crippen LogP contribution in [-0.2, 0) is 17.7 Å². The van der Waals surface area contributed by atoms with Crippen LogP contribution in [0.1, 0.15) is 34.3 Å². The number of nitrogens with zero attached hydrogens (tertiary/aromatic N) is 1. The number of fused-ring (bicyclic) bond motifs is 1. The highest BCUT2D eigenvalue weighted by Gasteiger charge is 2.20. The third-order valence-corrected chi connectivity index (χ3v) is 4.56. The predicted octanol–water partition coefficient (Wildman–Crippen LogP) is 1.83. The van der Waals surface area contributed by atoms with Crippen molar-refractivity contribution < 1.29 is 9.53 Å². The van der Waals surface area contributed by atoms with Crippen molar-refractivity contribution in [2.45, 2.75) is 25.8 Å². The third kappa shape index (κ3) is 3.44. The first-order valence-electron chi connectivity index (χ1n) is 7.90. The fraction of sp³-hybridized carbons (Fsp3) is 0.588. The molecule has 1 aromatic rings. The summed E-state index contributed by atoms with van der Waals surface area (Å²) < 4.78 is 5.38. The van der Waals surface area contributed by atoms with Gasteiger partial charge in [0.2, 0.25) is 0 Å². The lowest BCUT2D eigenvalue weighted by atomic mass is 9.97. The number of rotatable bonds is 3. The van der Waals surface area contributed by atoms with E-state index in [0.29, 0.717) is 5.92 Å². The summed E-state index contributed by atoms with van der Waals surface area (Å²) >= 11 is 0. The van der Waals surface area contributed by atoms with E-state index < -0.39 is 0 Å². The van der Waals surface area contributed by atoms with Gasteiger partial charge in [-0.1, -0.05) is 6.07 Å². The first kappa shape index (κ1) is 14.5. The topological polar surface area (TPSA) is 41.6 Å². The summed E-state index contributed by atoms with van der Waals surface area (Å²) in [7, 11) is 1.91. The number of nitrogens with one attached hydrogen (secondary N) is 1. The van der Waals surface area contributed by atoms with Crippen molar-refractivity contribution in [3.8, 4) is 0 Å². The molecule has 0 unspecified atom stereocenters. The molecule has 1 saturated heterocycles. The molecule has 1 N–H and O–H groups in total. The van der Waals surface area contributed by atoms with Gasteiger partial charge in [-0.3, -0.25) is 4.79 Å². The number of carbonyl (C=O) groups excluding carboxylic acids is 1. The molecule has 0 aromatic heterocycles. The molecule has 0 aliphatic carbocycles. The lowest BCUT2D eigenvalue weighted by Crippen LogP contribution is -2.34. The molecule has 3 rings (SSSR count). The molecule has 2 aliphatic rings. The molecule has 21 heavy (non-hydrogen) atoms. The number of benzene rings is 1. The number of hydrogen-bond acceptors (Lipinski definition) is 3. The highest BCUT2D eigenvalue weighted by molar-refractivity contribution is 5.94. The lowest BCUT2D eigenvalue weighted by molar-refractivity contribution is 0.0497. The van der Waals surface area contributed by atoms with Crippen LogP contribution in [0.4, 0.5) is 0 Å². The fourth-order valence-corrected chi connectivity index (χ4v) is 3.23. The molecule has 4 nitrogen and oxygen atoms in total. The molecule has 0 saturated carbocycles. The van der Waals surface area contributed by atoms with E-state index >= 15 is 0 Å². The van der Waals surface area contributed by atoms with Crippen molar-refractivity contribution >= 4 is 5.91 Å². The van der Waals surface area contributed by atoms with Crippen LogP contribution in [0.25, 0.3) is 0 Å². The summed E-state index contributed by atoms with van der Waals surface area (Å²) in [6, 6.07) is 6.16. The van der Waals surface area contributed by atoms with E-state index in [4.69, 9.17) is 4.74 Å². The van der Waals surface area contributed by atoms with Crippen molar-refractivity contribution in [3.63, 3.8) is 0 Å². The number of ether oxygens (including phenoxy) is 1. The molecule has 0 bridgehead atoms. The first-order valence-corrected chi connectivity index (χ1v) is 7.90. The van der Waals surface area contributed by atoms with Gasteiger partial charge in [-0.25, -0.2) is 0 Å². The largest absolute Gasteiger partial charge is 0.381 e. The lowest BCUT2D eigenvalue weighted by Gasteiger charge is -2.27. The van der Waals surface area contributed by atoms with Crippen LogP contribution in [-0.4, -0.2) is 44.2 Å². The zero-order chi connectivity index (χ0) is 14.7. The average Bonchev–Trinajstić information content (AvgIpc) is 2.54. The Morgan fingerprint density at radius 1 is 1.33 bits per heavy atom. The quantitative estimate of drug-likeness (QED) is 0.922. The van der Waals surface area contributed by atoms with Crippen molar-refractivity contribution in [2.75, 3.05) is 33.4 Å². The van der Waals surface area contributed by atoms with Crippen molar-refractivity contribution in [2.24, 2.45) is 5.92 Å². The molecular weight excluding hydrogens is 264 g/mol. The zero-order valence-electron chi connectivity index (χ0n) is 12.7. The molecule has 0 spiro atoms. The second-order valence-electron chi connectivity index (χ2n) is 6.15. The van der Waals surface area contributed by atoms with Gasteiger partial charge in [0.1, 0.15) is 0 Å². The minimum Gasteiger partial charge on any atom is -0.381 e. The third-order valence-electron chi connectivity index (χ3n) is 4.56. The number of carbonyl (C=O) groups is 1. The van der Waals surface area contributed by atoms with Gasteiger partial charge in [0, 0.05) is 38.9 Å². The molecule has 1 fully saturated rings. The highest BCUT2D eigenvalue weighted by atomic mass is 16.5. The van der Waals surface area contributed by atoms with Crippen molar-refractivity contribution in [1.82, 2.24) is 10.2 Å². The molecule has 0 radical (unpaired) electrons. The Morgan fingerprint density at radius 2 is 2.14 bits per heavy atom. The number of hydrogen-bond donors (Lipinski definition) is 1. The average molecular weight is 288 g/mol. The van der Waals surface area contributed by atoms with Crippen molar-refractivity contribution in [3.05, 3.63) is 34.9 Å². The van der Waals surface area contributed by atoms with Crippen LogP contribution >= 0.6 is 0 Å². The zero-order valence-corrected chi connectivity index (χ0v) is 12.7. The normalized spacial score (nSPS) is 19.1. The van der Waals surface area contributed by atoms with E-state index in [1.54, 1.807) is 0 Å². The molecule has 2 aliphatic heterocycles. The van der Waals surface area contributed by atoms with E-state index in [0.717, 1.165) is 57.7 Å². The Balaban J connectivity index is 1.66. The summed E-state index contributed by atoms with van der Waals surface area (Å²) in [4.78, 5) is 14.4. The summed E-state index contributed by atoms with van der Waals surface area (Å²) in [5, 5.41) is 3.36. The second-order valence-corrected chi connectivity index (χ2v) is 6.15. The Bertz CT molecular complexity index is 510. The van der Waals surface area contributed by atoms with Crippen LogP contribution in [0.5, 0.6) is 0 Å². The van der Waals surface area contributed by atoms with Gasteiger partial charge in [-0.05, 0) is 55.0 Å². The SMILES string of the molecule is CN(CC1CCOCC1)C(=O)c1ccc2c(c1)CNCC2. The molecule has 0 atom stereocenters. The Hall–Kier alpha value is -1.39. The summed E-state index contributed by atoms with van der Waals surface area (Å²) in [5.41, 5.74) is 3.45. The van der Waals surface area contributed by atoms with E-state index in [1.807, 2.05) is 18.0 Å². The maximum atomic E-state index is 12.6. The van der Waals surface area contributed by atoms with Gasteiger partial charge in [0.25, 0.3) is 5.91 Å². The van der Waals surface area contributed by atoms with Crippen molar-refractivity contribution in [1.29, 1.82) is 0 Å². The second kappa shape index (κ2) is 6.58. The monoisotopic (exact) mass is 288 g/mol. The molecule has 2 heterocycles. The van der Waals surface area contributed by atoms with Crippen LogP contribution in [0.15, 0.2) is 18.2 Å². The fourth-order valence-electron chi connectivity index (χ4n) is 3.23. The van der Waals surface area contributed by atoms with Gasteiger partial charge >= 0.3 is 0 Å². The van der Waals surface area contributed by atoms with Crippen LogP contribution < -0.4 is 5.32 Å². The van der Waals surface area contributed by atoms with Crippen LogP contribution in [0, 0.1) is 5.92 Å². The van der Waals surface area contributed by atoms with Gasteiger partial charge in [-0.15, -0.1) is 0 Å². The molecule has 4 heteroatoms. The minimum absolute atomic E-state index is 0.134. The Morgan fingerprint density at radius 3 is 2.95 bits per heavy atom. The predicted molar refractivity (Wildman–Crippen MR) is 82.4 cm³/mol. The minimum atomic E-state index is 0.134. The van der Waals surface area contributed by atoms with Crippen LogP contribution in [0.2, 0.25) is 0 Å². The van der Waals surface area contributed by atoms with Gasteiger partial charge in [0.15, 0.2) is 0 Å². The number of amides is 1. The smallest absolute Gasteiger partial charge is 0.253 e. The summed E-state index contributed by atoms with van der Waals surface area (Å²) in [6.07, 6.45) is 3.18. The van der Waals surface area contributed by atoms with E-state index in [1.165, 1.54) is 11.1 Å². The molecular formula is C17H24N2O2. The Labute approximate surface area is 126 Å². The van der Waals surface area contributed by atoms with Gasteiger partial charge < -0.3 is 15.0 Å². The molecule has 114 valence electrons. The maximum Gasteiger partial charge on any atom is 0.253 e. The maximum absolute atomic E-state index is 12.6. The standard InChI is InChI=1S/C17H24N2O2/c1-19(12-13-5-8-21-9-6-13)17(20)15-3-2-14-4-7-18-11-16(14)10-15/h2-3,10,13,18H,4-9,11-12H2,1H3. The molecule has 1 aromatic carbocycles. The highest BCUT2D eigenvalue weighted by Crippen LogP contribution is 2.19. The summed E-state index contributed by atoms with van der Waals surface area (Å²) in [6.45, 7) is 4.40. The molecule has 1 amide bonds. The van der Waals surface area contributed by atoms with Gasteiger partial charge in [-0.2, -0.15) is 0 Å². The van der Waals surface area contributed by atoms with Crippen LogP contribution in [0.3, 0.4) is 0 Å². The van der Waals surface area contributed by atoms with E-state index in [2.05, 4.69) is 17.4 Å². The Kier molecular flexibility index (Phi) is 4.56. The first-order chi connectivity index (χ1) is 10.2. The summed E-state index contributed by atoms with van der Waals surface area (Å²) in [5.74, 6) is 0.710. The van der Waals surface area contributed by atoms with E-state index in [-0.39, 0.29) is 5.91 Å². The van der Waals surface area contributed by atoms with Gasteiger partial charge in [0.05, 0.1) is 0 Å². The van der Waals surface area contributed by atoms with E-state index in [9.17, 15) is 4.79 Å².